The number of rotatable bonds is 3. The molecule has 1 aliphatic carbocycles. The van der Waals surface area contributed by atoms with E-state index in [0.29, 0.717) is 5.91 Å². The summed E-state index contributed by atoms with van der Waals surface area (Å²) >= 11 is 0. The predicted octanol–water partition coefficient (Wildman–Crippen LogP) is 3.25. The molecule has 184 valence electrons. The zero-order valence-electron chi connectivity index (χ0n) is 20.5. The Labute approximate surface area is 202 Å². The molecule has 34 heavy (non-hydrogen) atoms. The topological polar surface area (TPSA) is 70.4 Å². The number of piperidine rings is 1. The first-order valence-electron chi connectivity index (χ1n) is 13.8. The molecule has 6 rings (SSSR count). The van der Waals surface area contributed by atoms with E-state index in [-0.39, 0.29) is 5.92 Å². The molecule has 2 saturated heterocycles. The van der Waals surface area contributed by atoms with Crippen LogP contribution < -0.4 is 4.90 Å². The Morgan fingerprint density at radius 1 is 0.824 bits per heavy atom. The van der Waals surface area contributed by atoms with Gasteiger partial charge in [0.1, 0.15) is 12.2 Å². The number of piperazine rings is 1. The minimum absolute atomic E-state index is 0.0560. The maximum absolute atomic E-state index is 13.5. The molecule has 0 bridgehead atoms. The van der Waals surface area contributed by atoms with Gasteiger partial charge in [0.15, 0.2) is 17.0 Å². The number of imidazole rings is 1. The first kappa shape index (κ1) is 22.3. The molecule has 0 aromatic carbocycles. The lowest BCUT2D eigenvalue weighted by Crippen LogP contribution is -2.54. The molecule has 1 amide bonds. The molecule has 5 heterocycles. The Morgan fingerprint density at radius 3 is 2.50 bits per heavy atom. The van der Waals surface area contributed by atoms with Gasteiger partial charge in [0.05, 0.1) is 5.92 Å². The SMILES string of the molecule is O=C(C1CCCN(c2ncnc3c2nc2n3CCCCC2)C1)N1CCN(C2CCCCC2)CC1. The fraction of sp³-hybridized carbons (Fsp3) is 0.769. The third-order valence-corrected chi connectivity index (χ3v) is 8.66. The van der Waals surface area contributed by atoms with Crippen LogP contribution in [0.4, 0.5) is 5.82 Å². The highest BCUT2D eigenvalue weighted by atomic mass is 16.2. The Hall–Kier alpha value is -2.22. The molecule has 1 saturated carbocycles. The summed E-state index contributed by atoms with van der Waals surface area (Å²) in [5, 5.41) is 0. The lowest BCUT2D eigenvalue weighted by molar-refractivity contribution is -0.138. The average molecular weight is 466 g/mol. The maximum atomic E-state index is 13.5. The molecular weight excluding hydrogens is 426 g/mol. The molecule has 3 aliphatic heterocycles. The van der Waals surface area contributed by atoms with E-state index < -0.39 is 0 Å². The highest BCUT2D eigenvalue weighted by Gasteiger charge is 2.34. The van der Waals surface area contributed by atoms with E-state index in [1.165, 1.54) is 51.4 Å². The zero-order valence-corrected chi connectivity index (χ0v) is 20.5. The number of nitrogens with zero attached hydrogens (tertiary/aromatic N) is 7. The van der Waals surface area contributed by atoms with Crippen molar-refractivity contribution in [3.8, 4) is 0 Å². The summed E-state index contributed by atoms with van der Waals surface area (Å²) < 4.78 is 2.30. The molecule has 8 heteroatoms. The molecule has 3 fully saturated rings. The second kappa shape index (κ2) is 9.80. The van der Waals surface area contributed by atoms with E-state index in [4.69, 9.17) is 4.98 Å². The van der Waals surface area contributed by atoms with Crippen molar-refractivity contribution < 1.29 is 4.79 Å². The molecule has 0 spiro atoms. The number of carbonyl (C=O) groups excluding carboxylic acids is 1. The summed E-state index contributed by atoms with van der Waals surface area (Å²) in [6, 6.07) is 0.751. The molecule has 1 unspecified atom stereocenters. The van der Waals surface area contributed by atoms with E-state index in [9.17, 15) is 4.79 Å². The van der Waals surface area contributed by atoms with Gasteiger partial charge in [0.25, 0.3) is 0 Å². The second-order valence-electron chi connectivity index (χ2n) is 10.8. The largest absolute Gasteiger partial charge is 0.354 e. The van der Waals surface area contributed by atoms with Gasteiger partial charge in [-0.25, -0.2) is 15.0 Å². The smallest absolute Gasteiger partial charge is 0.227 e. The summed E-state index contributed by atoms with van der Waals surface area (Å²) in [6.45, 7) is 6.54. The van der Waals surface area contributed by atoms with Gasteiger partial charge in [-0.15, -0.1) is 0 Å². The van der Waals surface area contributed by atoms with Crippen molar-refractivity contribution in [2.75, 3.05) is 44.2 Å². The summed E-state index contributed by atoms with van der Waals surface area (Å²) in [4.78, 5) is 34.9. The number of carbonyl (C=O) groups is 1. The third-order valence-electron chi connectivity index (χ3n) is 8.66. The number of fused-ring (bicyclic) bond motifs is 3. The highest BCUT2D eigenvalue weighted by Crippen LogP contribution is 2.30. The van der Waals surface area contributed by atoms with Crippen LogP contribution in [0.25, 0.3) is 11.2 Å². The number of amides is 1. The molecule has 0 N–H and O–H groups in total. The molecule has 1 atom stereocenters. The van der Waals surface area contributed by atoms with Gasteiger partial charge in [0, 0.05) is 58.3 Å². The monoisotopic (exact) mass is 465 g/mol. The molecule has 4 aliphatic rings. The zero-order chi connectivity index (χ0) is 22.9. The van der Waals surface area contributed by atoms with Gasteiger partial charge in [-0.3, -0.25) is 9.69 Å². The summed E-state index contributed by atoms with van der Waals surface area (Å²) in [5.41, 5.74) is 1.89. The standard InChI is InChI=1S/C26H39N7O/c34-26(31-16-14-30(15-17-31)21-9-3-1-4-10-21)20-8-7-12-32(18-20)24-23-25(28-19-27-24)33-13-6-2-5-11-22(33)29-23/h19-21H,1-18H2. The van der Waals surface area contributed by atoms with Gasteiger partial charge >= 0.3 is 0 Å². The predicted molar refractivity (Wildman–Crippen MR) is 133 cm³/mol. The molecule has 8 nitrogen and oxygen atoms in total. The van der Waals surface area contributed by atoms with Crippen LogP contribution in [0.5, 0.6) is 0 Å². The van der Waals surface area contributed by atoms with Crippen molar-refractivity contribution in [3.63, 3.8) is 0 Å². The normalized spacial score (nSPS) is 25.4. The summed E-state index contributed by atoms with van der Waals surface area (Å²) in [5.74, 6) is 2.47. The van der Waals surface area contributed by atoms with E-state index in [0.717, 1.165) is 93.9 Å². The van der Waals surface area contributed by atoms with Crippen molar-refractivity contribution in [3.05, 3.63) is 12.2 Å². The van der Waals surface area contributed by atoms with Crippen LogP contribution in [0, 0.1) is 5.92 Å². The Bertz CT molecular complexity index is 1010. The minimum atomic E-state index is 0.0560. The number of hydrogen-bond donors (Lipinski definition) is 0. The molecular formula is C26H39N7O. The average Bonchev–Trinajstić information content (AvgIpc) is 3.09. The maximum Gasteiger partial charge on any atom is 0.227 e. The van der Waals surface area contributed by atoms with E-state index >= 15 is 0 Å². The van der Waals surface area contributed by atoms with Gasteiger partial charge in [-0.1, -0.05) is 25.7 Å². The minimum Gasteiger partial charge on any atom is -0.354 e. The first-order chi connectivity index (χ1) is 16.8. The fourth-order valence-electron chi connectivity index (χ4n) is 6.74. The Morgan fingerprint density at radius 2 is 1.65 bits per heavy atom. The summed E-state index contributed by atoms with van der Waals surface area (Å²) in [7, 11) is 0. The van der Waals surface area contributed by atoms with Gasteiger partial charge < -0.3 is 14.4 Å². The first-order valence-corrected chi connectivity index (χ1v) is 13.8. The van der Waals surface area contributed by atoms with Crippen molar-refractivity contribution >= 4 is 22.9 Å². The van der Waals surface area contributed by atoms with Crippen molar-refractivity contribution in [2.24, 2.45) is 5.92 Å². The van der Waals surface area contributed by atoms with E-state index in [1.807, 2.05) is 0 Å². The van der Waals surface area contributed by atoms with Crippen LogP contribution in [-0.4, -0.2) is 80.5 Å². The lowest BCUT2D eigenvalue weighted by Gasteiger charge is -2.42. The third kappa shape index (κ3) is 4.30. The number of aromatic nitrogens is 4. The van der Waals surface area contributed by atoms with Crippen LogP contribution in [0.15, 0.2) is 6.33 Å². The van der Waals surface area contributed by atoms with Gasteiger partial charge in [-0.05, 0) is 38.5 Å². The van der Waals surface area contributed by atoms with Crippen LogP contribution in [-0.2, 0) is 17.8 Å². The highest BCUT2D eigenvalue weighted by molar-refractivity contribution is 5.85. The number of anilines is 1. The van der Waals surface area contributed by atoms with Gasteiger partial charge in [-0.2, -0.15) is 0 Å². The van der Waals surface area contributed by atoms with Crippen LogP contribution in [0.1, 0.15) is 70.0 Å². The van der Waals surface area contributed by atoms with Crippen molar-refractivity contribution in [1.82, 2.24) is 29.3 Å². The van der Waals surface area contributed by atoms with Crippen molar-refractivity contribution in [2.45, 2.75) is 83.2 Å². The number of hydrogen-bond acceptors (Lipinski definition) is 6. The molecule has 0 radical (unpaired) electrons. The van der Waals surface area contributed by atoms with Crippen LogP contribution >= 0.6 is 0 Å². The van der Waals surface area contributed by atoms with E-state index in [1.54, 1.807) is 6.33 Å². The molecule has 2 aromatic heterocycles. The fourth-order valence-corrected chi connectivity index (χ4v) is 6.74. The molecule has 2 aromatic rings. The van der Waals surface area contributed by atoms with Crippen molar-refractivity contribution in [1.29, 1.82) is 0 Å². The Kier molecular flexibility index (Phi) is 6.41. The van der Waals surface area contributed by atoms with Crippen LogP contribution in [0.2, 0.25) is 0 Å². The summed E-state index contributed by atoms with van der Waals surface area (Å²) in [6.07, 6.45) is 15.2. The van der Waals surface area contributed by atoms with Gasteiger partial charge in [0.2, 0.25) is 5.91 Å². The Balaban J connectivity index is 1.13. The lowest BCUT2D eigenvalue weighted by atomic mass is 9.93. The second-order valence-corrected chi connectivity index (χ2v) is 10.8. The number of aryl methyl sites for hydroxylation is 2. The van der Waals surface area contributed by atoms with E-state index in [2.05, 4.69) is 29.2 Å². The quantitative estimate of drug-likeness (QED) is 0.693. The van der Waals surface area contributed by atoms with Crippen LogP contribution in [0.3, 0.4) is 0 Å².